The molecule has 1 atom stereocenters. The maximum absolute atomic E-state index is 13.6. The van der Waals surface area contributed by atoms with Crippen molar-refractivity contribution in [2.24, 2.45) is 0 Å². The van der Waals surface area contributed by atoms with E-state index >= 15 is 0 Å². The van der Waals surface area contributed by atoms with Gasteiger partial charge in [0.15, 0.2) is 9.58 Å². The molecule has 0 saturated heterocycles. The summed E-state index contributed by atoms with van der Waals surface area (Å²) in [7, 11) is -1.71. The van der Waals surface area contributed by atoms with E-state index in [1.165, 1.54) is 0 Å². The molecule has 0 nitrogen and oxygen atoms in total. The van der Waals surface area contributed by atoms with Crippen molar-refractivity contribution in [3.8, 4) is 0 Å². The molecule has 0 spiro atoms. The number of alkyl halides is 3. The van der Waals surface area contributed by atoms with Gasteiger partial charge in [-0.15, -0.1) is 13.2 Å². The van der Waals surface area contributed by atoms with E-state index in [1.807, 2.05) is 25.1 Å². The largest absolute Gasteiger partial charge is 1.00 e. The van der Waals surface area contributed by atoms with Gasteiger partial charge in [0.1, 0.15) is 0 Å². The maximum atomic E-state index is 13.6. The van der Waals surface area contributed by atoms with Gasteiger partial charge in [-0.2, -0.15) is 0 Å². The fraction of sp³-hybridized carbons (Fsp3) is 0.529. The SMILES string of the molecule is Cc1ccc2cc(C3CCCCCC3)[s+](C(F)(F)F)c2c1.[Cl-]. The second-order valence-corrected chi connectivity index (χ2v) is 8.01. The van der Waals surface area contributed by atoms with Gasteiger partial charge in [0.05, 0.1) is 10.5 Å². The van der Waals surface area contributed by atoms with E-state index in [4.69, 9.17) is 0 Å². The Morgan fingerprint density at radius 3 is 2.23 bits per heavy atom. The van der Waals surface area contributed by atoms with Crippen LogP contribution >= 0.6 is 10.5 Å². The van der Waals surface area contributed by atoms with Crippen molar-refractivity contribution < 1.29 is 25.6 Å². The van der Waals surface area contributed by atoms with Gasteiger partial charge < -0.3 is 12.4 Å². The van der Waals surface area contributed by atoms with E-state index in [1.54, 1.807) is 6.07 Å². The Bertz CT molecular complexity index is 637. The fourth-order valence-corrected chi connectivity index (χ4v) is 5.63. The topological polar surface area (TPSA) is 0 Å². The second-order valence-electron chi connectivity index (χ2n) is 6.03. The van der Waals surface area contributed by atoms with Crippen LogP contribution in [0.2, 0.25) is 0 Å². The summed E-state index contributed by atoms with van der Waals surface area (Å²) in [5.41, 5.74) is -3.25. The van der Waals surface area contributed by atoms with E-state index in [0.717, 1.165) is 49.5 Å². The molecule has 1 fully saturated rings. The lowest BCUT2D eigenvalue weighted by atomic mass is 9.98. The molecule has 1 heterocycles. The fourth-order valence-electron chi connectivity index (χ4n) is 3.38. The monoisotopic (exact) mass is 348 g/mol. The highest BCUT2D eigenvalue weighted by molar-refractivity contribution is 7.38. The molecule has 0 N–H and O–H groups in total. The zero-order valence-electron chi connectivity index (χ0n) is 12.5. The summed E-state index contributed by atoms with van der Waals surface area (Å²) in [5, 5.41) is 0.778. The van der Waals surface area contributed by atoms with Gasteiger partial charge >= 0.3 is 5.51 Å². The lowest BCUT2D eigenvalue weighted by Gasteiger charge is -2.10. The number of hydrogen-bond acceptors (Lipinski definition) is 0. The second kappa shape index (κ2) is 6.79. The summed E-state index contributed by atoms with van der Waals surface area (Å²) >= 11 is 0. The molecule has 5 heteroatoms. The first kappa shape index (κ1) is 17.6. The van der Waals surface area contributed by atoms with Gasteiger partial charge in [-0.05, 0) is 31.4 Å². The Kier molecular flexibility index (Phi) is 5.44. The van der Waals surface area contributed by atoms with Crippen molar-refractivity contribution >= 4 is 20.6 Å². The Morgan fingerprint density at radius 2 is 1.64 bits per heavy atom. The molecule has 1 aromatic carbocycles. The molecule has 1 saturated carbocycles. The molecule has 0 amide bonds. The lowest BCUT2D eigenvalue weighted by Crippen LogP contribution is -3.00. The molecule has 1 unspecified atom stereocenters. The zero-order chi connectivity index (χ0) is 15.0. The minimum atomic E-state index is -4.16. The van der Waals surface area contributed by atoms with Gasteiger partial charge in [-0.1, -0.05) is 31.7 Å². The highest BCUT2D eigenvalue weighted by Gasteiger charge is 2.49. The standard InChI is InChI=1S/C17H20F3S.ClH/c1-12-8-9-14-11-16(13-6-4-2-3-5-7-13)21(15(14)10-12)17(18,19)20;/h8-11,13H,2-7H2,1H3;1H/q+1;/p-1. The molecule has 122 valence electrons. The summed E-state index contributed by atoms with van der Waals surface area (Å²) < 4.78 is 41.4. The molecule has 1 aliphatic carbocycles. The van der Waals surface area contributed by atoms with E-state index in [9.17, 15) is 13.2 Å². The molecule has 0 radical (unpaired) electrons. The normalized spacial score (nSPS) is 18.1. The summed E-state index contributed by atoms with van der Waals surface area (Å²) in [6.45, 7) is 1.86. The molecule has 1 aromatic heterocycles. The maximum Gasteiger partial charge on any atom is 0.600 e. The van der Waals surface area contributed by atoms with Crippen molar-refractivity contribution in [3.05, 3.63) is 34.7 Å². The average Bonchev–Trinajstić information content (AvgIpc) is 2.59. The van der Waals surface area contributed by atoms with Crippen molar-refractivity contribution in [1.82, 2.24) is 0 Å². The van der Waals surface area contributed by atoms with E-state index in [0.29, 0.717) is 9.58 Å². The van der Waals surface area contributed by atoms with Crippen LogP contribution in [0, 0.1) is 6.92 Å². The van der Waals surface area contributed by atoms with Crippen molar-refractivity contribution in [2.75, 3.05) is 0 Å². The molecule has 2 aromatic rings. The minimum absolute atomic E-state index is 0. The van der Waals surface area contributed by atoms with Gasteiger partial charge in [0, 0.05) is 23.4 Å². The number of benzene rings is 1. The molecular formula is C17H20ClF3S. The third-order valence-corrected chi connectivity index (χ3v) is 6.59. The van der Waals surface area contributed by atoms with E-state index < -0.39 is 16.0 Å². The zero-order valence-corrected chi connectivity index (χ0v) is 14.1. The smallest absolute Gasteiger partial charge is 0.600 e. The van der Waals surface area contributed by atoms with Crippen LogP contribution in [0.15, 0.2) is 24.3 Å². The summed E-state index contributed by atoms with van der Waals surface area (Å²) in [6.07, 6.45) is 6.28. The third kappa shape index (κ3) is 3.43. The van der Waals surface area contributed by atoms with Crippen LogP contribution in [-0.2, 0) is 5.51 Å². The number of thiophene rings is 1. The van der Waals surface area contributed by atoms with Crippen LogP contribution in [0.4, 0.5) is 13.2 Å². The van der Waals surface area contributed by atoms with Crippen molar-refractivity contribution in [1.29, 1.82) is 0 Å². The molecule has 1 aliphatic rings. The quantitative estimate of drug-likeness (QED) is 0.543. The Hall–Kier alpha value is -0.740. The van der Waals surface area contributed by atoms with Gasteiger partial charge in [0.2, 0.25) is 0 Å². The molecule has 22 heavy (non-hydrogen) atoms. The van der Waals surface area contributed by atoms with Gasteiger partial charge in [-0.3, -0.25) is 0 Å². The number of rotatable bonds is 1. The number of halogens is 4. The minimum Gasteiger partial charge on any atom is -1.00 e. The van der Waals surface area contributed by atoms with Crippen molar-refractivity contribution in [3.63, 3.8) is 0 Å². The average molecular weight is 349 g/mol. The predicted octanol–water partition coefficient (Wildman–Crippen LogP) is 3.82. The third-order valence-electron chi connectivity index (χ3n) is 4.41. The number of hydrogen-bond donors (Lipinski definition) is 0. The molecular weight excluding hydrogens is 329 g/mol. The summed E-state index contributed by atoms with van der Waals surface area (Å²) in [6, 6.07) is 7.32. The van der Waals surface area contributed by atoms with E-state index in [-0.39, 0.29) is 18.3 Å². The van der Waals surface area contributed by atoms with Crippen LogP contribution in [-0.4, -0.2) is 0 Å². The Balaban J connectivity index is 0.00000176. The van der Waals surface area contributed by atoms with Gasteiger partial charge in [-0.25, -0.2) is 0 Å². The summed E-state index contributed by atoms with van der Waals surface area (Å²) in [5.74, 6) is 0.116. The first-order valence-electron chi connectivity index (χ1n) is 7.60. The van der Waals surface area contributed by atoms with E-state index in [2.05, 4.69) is 0 Å². The Labute approximate surface area is 138 Å². The number of fused-ring (bicyclic) bond motifs is 1. The molecule has 0 bridgehead atoms. The van der Waals surface area contributed by atoms with Gasteiger partial charge in [0.25, 0.3) is 0 Å². The van der Waals surface area contributed by atoms with Crippen LogP contribution in [0.25, 0.3) is 10.1 Å². The van der Waals surface area contributed by atoms with Crippen molar-refractivity contribution in [2.45, 2.75) is 56.9 Å². The predicted molar refractivity (Wildman–Crippen MR) is 82.9 cm³/mol. The highest BCUT2D eigenvalue weighted by Crippen LogP contribution is 2.54. The Morgan fingerprint density at radius 1 is 1.00 bits per heavy atom. The lowest BCUT2D eigenvalue weighted by molar-refractivity contribution is -0.0868. The highest BCUT2D eigenvalue weighted by atomic mass is 35.5. The van der Waals surface area contributed by atoms with Crippen LogP contribution < -0.4 is 12.4 Å². The first-order chi connectivity index (χ1) is 9.97. The first-order valence-corrected chi connectivity index (χ1v) is 8.82. The van der Waals surface area contributed by atoms with Crippen LogP contribution in [0.5, 0.6) is 0 Å². The van der Waals surface area contributed by atoms with Crippen LogP contribution in [0.1, 0.15) is 54.9 Å². The molecule has 3 rings (SSSR count). The van der Waals surface area contributed by atoms with Crippen LogP contribution in [0.3, 0.4) is 0 Å². The number of aryl methyl sites for hydroxylation is 1. The molecule has 0 aliphatic heterocycles. The summed E-state index contributed by atoms with van der Waals surface area (Å²) in [4.78, 5) is 0.644.